The van der Waals surface area contributed by atoms with Crippen molar-refractivity contribution in [3.05, 3.63) is 57.3 Å². The largest absolute Gasteiger partial charge is 0.465 e. The number of esters is 1. The van der Waals surface area contributed by atoms with Crippen molar-refractivity contribution in [3.63, 3.8) is 0 Å². The molecular formula is C18H16BrN3O3. The molecule has 25 heavy (non-hydrogen) atoms. The topological polar surface area (TPSA) is 73.2 Å². The van der Waals surface area contributed by atoms with E-state index in [-0.39, 0.29) is 11.8 Å². The monoisotopic (exact) mass is 401 g/mol. The minimum Gasteiger partial charge on any atom is -0.465 e. The molecule has 4 rings (SSSR count). The lowest BCUT2D eigenvalue weighted by atomic mass is 9.85. The molecule has 1 unspecified atom stereocenters. The molecule has 2 heterocycles. The first-order valence-corrected chi connectivity index (χ1v) is 8.84. The molecule has 6 nitrogen and oxygen atoms in total. The molecule has 128 valence electrons. The van der Waals surface area contributed by atoms with Gasteiger partial charge in [0.05, 0.1) is 13.3 Å². The number of allylic oxidation sites excluding steroid dienone is 2. The Hall–Kier alpha value is -2.41. The summed E-state index contributed by atoms with van der Waals surface area (Å²) < 4.78 is 7.49. The van der Waals surface area contributed by atoms with Crippen molar-refractivity contribution in [2.24, 2.45) is 0 Å². The summed E-state index contributed by atoms with van der Waals surface area (Å²) in [5, 5.41) is 7.64. The second-order valence-electron chi connectivity index (χ2n) is 6.09. The summed E-state index contributed by atoms with van der Waals surface area (Å²) in [6.07, 6.45) is 3.60. The van der Waals surface area contributed by atoms with Crippen LogP contribution in [0, 0.1) is 0 Å². The number of aromatic nitrogens is 2. The number of ether oxygens (including phenoxy) is 1. The molecule has 1 N–H and O–H groups in total. The van der Waals surface area contributed by atoms with Gasteiger partial charge in [-0.2, -0.15) is 5.10 Å². The van der Waals surface area contributed by atoms with Crippen LogP contribution in [0.25, 0.3) is 0 Å². The van der Waals surface area contributed by atoms with E-state index in [0.29, 0.717) is 17.8 Å². The molecule has 0 radical (unpaired) electrons. The molecule has 1 aliphatic heterocycles. The molecule has 2 aromatic rings. The molecule has 0 saturated heterocycles. The number of carbonyl (C=O) groups excluding carboxylic acids is 2. The highest BCUT2D eigenvalue weighted by atomic mass is 79.9. The van der Waals surface area contributed by atoms with Gasteiger partial charge >= 0.3 is 5.97 Å². The first-order valence-electron chi connectivity index (χ1n) is 8.04. The number of rotatable bonds is 2. The van der Waals surface area contributed by atoms with Crippen molar-refractivity contribution in [3.8, 4) is 0 Å². The Morgan fingerprint density at radius 3 is 3.00 bits per heavy atom. The Labute approximate surface area is 153 Å². The Balaban J connectivity index is 1.93. The number of fused-ring (bicyclic) bond motifs is 1. The van der Waals surface area contributed by atoms with Gasteiger partial charge < -0.3 is 10.1 Å². The Morgan fingerprint density at radius 2 is 2.24 bits per heavy atom. The molecule has 0 spiro atoms. The fourth-order valence-corrected chi connectivity index (χ4v) is 3.92. The Kier molecular flexibility index (Phi) is 3.95. The van der Waals surface area contributed by atoms with Gasteiger partial charge in [0.2, 0.25) is 0 Å². The zero-order valence-electron chi connectivity index (χ0n) is 13.6. The second kappa shape index (κ2) is 6.15. The maximum atomic E-state index is 12.7. The molecule has 0 bridgehead atoms. The standard InChI is InChI=1S/C18H16BrN3O3/c1-25-18(24)12-9-20-22-16(10-4-2-5-11(19)8-10)15-13(21-17(12)22)6-3-7-14(15)23/h2,4-5,8-9,16,21H,3,6-7H2,1H3. The number of benzene rings is 1. The fourth-order valence-electron chi connectivity index (χ4n) is 3.50. The zero-order chi connectivity index (χ0) is 17.6. The van der Waals surface area contributed by atoms with Crippen LogP contribution < -0.4 is 5.32 Å². The van der Waals surface area contributed by atoms with Crippen LogP contribution in [0.15, 0.2) is 46.2 Å². The van der Waals surface area contributed by atoms with Crippen molar-refractivity contribution in [2.45, 2.75) is 25.3 Å². The van der Waals surface area contributed by atoms with Crippen molar-refractivity contribution in [2.75, 3.05) is 12.4 Å². The quantitative estimate of drug-likeness (QED) is 0.779. The molecule has 1 atom stereocenters. The summed E-state index contributed by atoms with van der Waals surface area (Å²) >= 11 is 3.49. The molecule has 0 saturated carbocycles. The van der Waals surface area contributed by atoms with E-state index in [1.165, 1.54) is 13.3 Å². The Morgan fingerprint density at radius 1 is 1.40 bits per heavy atom. The first-order chi connectivity index (χ1) is 12.1. The number of hydrogen-bond acceptors (Lipinski definition) is 5. The third kappa shape index (κ3) is 2.59. The Bertz CT molecular complexity index is 916. The first kappa shape index (κ1) is 16.1. The number of nitrogens with zero attached hydrogens (tertiary/aromatic N) is 2. The number of halogens is 1. The van der Waals surface area contributed by atoms with Crippen LogP contribution in [0.1, 0.15) is 41.2 Å². The predicted octanol–water partition coefficient (Wildman–Crippen LogP) is 3.45. The normalized spacial score (nSPS) is 19.1. The summed E-state index contributed by atoms with van der Waals surface area (Å²) in [5.74, 6) is 0.248. The van der Waals surface area contributed by atoms with E-state index in [1.807, 2.05) is 24.3 Å². The molecule has 2 aliphatic rings. The molecule has 1 aliphatic carbocycles. The van der Waals surface area contributed by atoms with Gasteiger partial charge in [-0.05, 0) is 30.5 Å². The zero-order valence-corrected chi connectivity index (χ0v) is 15.2. The van der Waals surface area contributed by atoms with Crippen LogP contribution >= 0.6 is 15.9 Å². The molecular weight excluding hydrogens is 386 g/mol. The fraction of sp³-hybridized carbons (Fsp3) is 0.278. The number of hydrogen-bond donors (Lipinski definition) is 1. The van der Waals surface area contributed by atoms with Gasteiger partial charge in [0, 0.05) is 22.2 Å². The van der Waals surface area contributed by atoms with Crippen molar-refractivity contribution >= 4 is 33.5 Å². The summed E-state index contributed by atoms with van der Waals surface area (Å²) in [6, 6.07) is 7.46. The maximum Gasteiger partial charge on any atom is 0.343 e. The molecule has 7 heteroatoms. The van der Waals surface area contributed by atoms with Crippen molar-refractivity contribution < 1.29 is 14.3 Å². The molecule has 0 amide bonds. The third-order valence-corrected chi connectivity index (χ3v) is 5.10. The predicted molar refractivity (Wildman–Crippen MR) is 95.4 cm³/mol. The van der Waals surface area contributed by atoms with Crippen LogP contribution in [0.5, 0.6) is 0 Å². The molecule has 1 aromatic carbocycles. The van der Waals surface area contributed by atoms with Crippen LogP contribution in [0.4, 0.5) is 5.82 Å². The van der Waals surface area contributed by atoms with Gasteiger partial charge in [-0.1, -0.05) is 28.1 Å². The average molecular weight is 402 g/mol. The number of carbonyl (C=O) groups is 2. The number of nitrogens with one attached hydrogen (secondary N) is 1. The number of anilines is 1. The smallest absolute Gasteiger partial charge is 0.343 e. The van der Waals surface area contributed by atoms with E-state index in [4.69, 9.17) is 4.74 Å². The lowest BCUT2D eigenvalue weighted by molar-refractivity contribution is -0.116. The lowest BCUT2D eigenvalue weighted by Crippen LogP contribution is -2.31. The summed E-state index contributed by atoms with van der Waals surface area (Å²) in [4.78, 5) is 24.7. The third-order valence-electron chi connectivity index (χ3n) is 4.61. The highest BCUT2D eigenvalue weighted by Crippen LogP contribution is 2.41. The lowest BCUT2D eigenvalue weighted by Gasteiger charge is -2.33. The van der Waals surface area contributed by atoms with Gasteiger partial charge in [-0.25, -0.2) is 9.48 Å². The molecule has 0 fully saturated rings. The summed E-state index contributed by atoms with van der Waals surface area (Å²) in [6.45, 7) is 0. The number of Topliss-reactive ketones (excluding diaryl/α,β-unsaturated/α-hetero) is 1. The van der Waals surface area contributed by atoms with Crippen LogP contribution in [0.2, 0.25) is 0 Å². The van der Waals surface area contributed by atoms with Crippen LogP contribution in [-0.4, -0.2) is 28.6 Å². The number of ketones is 1. The van der Waals surface area contributed by atoms with Gasteiger partial charge in [0.1, 0.15) is 17.4 Å². The summed E-state index contributed by atoms with van der Waals surface area (Å²) in [7, 11) is 1.34. The minimum absolute atomic E-state index is 0.125. The van der Waals surface area contributed by atoms with Crippen LogP contribution in [0.3, 0.4) is 0 Å². The van der Waals surface area contributed by atoms with E-state index >= 15 is 0 Å². The molecule has 1 aromatic heterocycles. The number of methoxy groups -OCH3 is 1. The van der Waals surface area contributed by atoms with E-state index < -0.39 is 5.97 Å². The van der Waals surface area contributed by atoms with Crippen LogP contribution in [-0.2, 0) is 9.53 Å². The SMILES string of the molecule is COC(=O)c1cnn2c1NC1=C(C(=O)CCC1)C2c1cccc(Br)c1. The maximum absolute atomic E-state index is 12.7. The van der Waals surface area contributed by atoms with E-state index in [0.717, 1.165) is 34.1 Å². The van der Waals surface area contributed by atoms with Gasteiger partial charge in [0.15, 0.2) is 5.78 Å². The minimum atomic E-state index is -0.451. The van der Waals surface area contributed by atoms with Gasteiger partial charge in [-0.3, -0.25) is 4.79 Å². The highest BCUT2D eigenvalue weighted by Gasteiger charge is 2.37. The van der Waals surface area contributed by atoms with Gasteiger partial charge in [0.25, 0.3) is 0 Å². The van der Waals surface area contributed by atoms with E-state index in [1.54, 1.807) is 4.68 Å². The second-order valence-corrected chi connectivity index (χ2v) is 7.01. The van der Waals surface area contributed by atoms with Crippen molar-refractivity contribution in [1.29, 1.82) is 0 Å². The van der Waals surface area contributed by atoms with E-state index in [2.05, 4.69) is 26.3 Å². The van der Waals surface area contributed by atoms with Crippen molar-refractivity contribution in [1.82, 2.24) is 9.78 Å². The highest BCUT2D eigenvalue weighted by molar-refractivity contribution is 9.10. The summed E-state index contributed by atoms with van der Waals surface area (Å²) in [5.41, 5.74) is 2.92. The average Bonchev–Trinajstić information content (AvgIpc) is 3.03. The van der Waals surface area contributed by atoms with Gasteiger partial charge in [-0.15, -0.1) is 0 Å². The van der Waals surface area contributed by atoms with E-state index in [9.17, 15) is 9.59 Å².